The molecular formula is C44H89N3O4S7. The first-order valence-electron chi connectivity index (χ1n) is 23.5. The number of thiol groups is 5. The molecule has 0 heterocycles. The van der Waals surface area contributed by atoms with Crippen LogP contribution in [-0.2, 0) is 9.47 Å². The van der Waals surface area contributed by atoms with Crippen LogP contribution in [0, 0.1) is 0 Å². The number of carbonyl (C=O) groups excluding carboxylic acids is 2. The molecule has 0 saturated heterocycles. The molecule has 346 valence electrons. The Hall–Kier alpha value is 0.950. The van der Waals surface area contributed by atoms with Crippen molar-refractivity contribution < 1.29 is 19.1 Å². The van der Waals surface area contributed by atoms with Crippen LogP contribution < -0.4 is 5.32 Å². The quantitative estimate of drug-likeness (QED) is 0.0157. The summed E-state index contributed by atoms with van der Waals surface area (Å²) in [5.74, 6) is 2.39. The fraction of sp³-hybridized carbons (Fsp3) is 0.955. The van der Waals surface area contributed by atoms with Gasteiger partial charge in [-0.3, -0.25) is 4.90 Å². The fourth-order valence-corrected chi connectivity index (χ4v) is 10.2. The number of carbonyl (C=O) groups is 2. The molecule has 0 aromatic heterocycles. The van der Waals surface area contributed by atoms with Gasteiger partial charge in [-0.05, 0) is 25.0 Å². The van der Waals surface area contributed by atoms with Crippen molar-refractivity contribution in [1.82, 2.24) is 15.1 Å². The SMILES string of the molecule is CCCCCCCCCCCCCCCCCN(CCCCCCCCCCCCCCCCCS)C(=O)OCCSSCCOC(=O)NCCN(C(S)S)C(S)S. The summed E-state index contributed by atoms with van der Waals surface area (Å²) >= 11 is 21.4. The van der Waals surface area contributed by atoms with Crippen LogP contribution in [0.3, 0.4) is 0 Å². The number of hydrogen-bond acceptors (Lipinski definition) is 12. The van der Waals surface area contributed by atoms with Crippen LogP contribution in [0.2, 0.25) is 0 Å². The molecular weight excluding hydrogens is 859 g/mol. The van der Waals surface area contributed by atoms with Gasteiger partial charge in [0.05, 0.1) is 9.41 Å². The van der Waals surface area contributed by atoms with Gasteiger partial charge < -0.3 is 19.7 Å². The lowest BCUT2D eigenvalue weighted by atomic mass is 10.0. The highest BCUT2D eigenvalue weighted by Gasteiger charge is 2.16. The molecule has 14 heteroatoms. The van der Waals surface area contributed by atoms with Crippen molar-refractivity contribution >= 4 is 96.9 Å². The summed E-state index contributed by atoms with van der Waals surface area (Å²) < 4.78 is 10.3. The fourth-order valence-electron chi connectivity index (χ4n) is 6.91. The Labute approximate surface area is 393 Å². The van der Waals surface area contributed by atoms with Gasteiger partial charge >= 0.3 is 12.2 Å². The van der Waals surface area contributed by atoms with E-state index in [0.717, 1.165) is 31.7 Å². The normalized spacial score (nSPS) is 11.6. The van der Waals surface area contributed by atoms with Gasteiger partial charge in [-0.25, -0.2) is 9.59 Å². The van der Waals surface area contributed by atoms with Crippen LogP contribution in [0.25, 0.3) is 0 Å². The Morgan fingerprint density at radius 2 is 0.845 bits per heavy atom. The summed E-state index contributed by atoms with van der Waals surface area (Å²) in [6.07, 6.45) is 39.3. The minimum absolute atomic E-state index is 0.170. The number of amides is 2. The Kier molecular flexibility index (Phi) is 48.2. The number of unbranched alkanes of at least 4 members (excludes halogenated alkanes) is 28. The molecule has 0 bridgehead atoms. The van der Waals surface area contributed by atoms with Crippen LogP contribution in [0.1, 0.15) is 200 Å². The molecule has 1 N–H and O–H groups in total. The first-order valence-corrected chi connectivity index (χ1v) is 28.7. The average Bonchev–Trinajstić information content (AvgIpc) is 3.20. The predicted octanol–water partition coefficient (Wildman–Crippen LogP) is 14.8. The van der Waals surface area contributed by atoms with E-state index >= 15 is 0 Å². The molecule has 58 heavy (non-hydrogen) atoms. The van der Waals surface area contributed by atoms with Gasteiger partial charge in [-0.2, -0.15) is 12.6 Å². The largest absolute Gasteiger partial charge is 0.449 e. The molecule has 0 unspecified atom stereocenters. The third kappa shape index (κ3) is 42.3. The van der Waals surface area contributed by atoms with Crippen LogP contribution >= 0.6 is 84.7 Å². The second-order valence-corrected chi connectivity index (χ2v) is 21.6. The van der Waals surface area contributed by atoms with Crippen LogP contribution in [0.15, 0.2) is 0 Å². The maximum Gasteiger partial charge on any atom is 0.409 e. The number of alkyl carbamates (subject to hydrolysis) is 1. The third-order valence-corrected chi connectivity index (χ3v) is 14.3. The van der Waals surface area contributed by atoms with Crippen molar-refractivity contribution in [1.29, 1.82) is 0 Å². The van der Waals surface area contributed by atoms with E-state index in [4.69, 9.17) is 9.47 Å². The van der Waals surface area contributed by atoms with Gasteiger partial charge in [0.2, 0.25) is 0 Å². The van der Waals surface area contributed by atoms with Gasteiger partial charge in [0.15, 0.2) is 0 Å². The highest BCUT2D eigenvalue weighted by Crippen LogP contribution is 2.21. The third-order valence-electron chi connectivity index (χ3n) is 10.5. The number of hydrogen-bond donors (Lipinski definition) is 6. The van der Waals surface area contributed by atoms with Crippen molar-refractivity contribution in [3.05, 3.63) is 0 Å². The minimum atomic E-state index is -0.457. The molecule has 0 aliphatic heterocycles. The molecule has 0 aromatic rings. The molecule has 0 aliphatic carbocycles. The highest BCUT2D eigenvalue weighted by molar-refractivity contribution is 8.76. The predicted molar refractivity (Wildman–Crippen MR) is 275 cm³/mol. The molecule has 0 rings (SSSR count). The van der Waals surface area contributed by atoms with Crippen LogP contribution in [0.5, 0.6) is 0 Å². The summed E-state index contributed by atoms with van der Waals surface area (Å²) in [7, 11) is 3.25. The number of ether oxygens (including phenoxy) is 2. The van der Waals surface area contributed by atoms with Gasteiger partial charge in [-0.1, -0.05) is 202 Å². The second-order valence-electron chi connectivity index (χ2n) is 15.7. The zero-order valence-corrected chi connectivity index (χ0v) is 42.9. The molecule has 2 amide bonds. The Morgan fingerprint density at radius 3 is 1.21 bits per heavy atom. The van der Waals surface area contributed by atoms with E-state index in [1.54, 1.807) is 26.5 Å². The lowest BCUT2D eigenvalue weighted by molar-refractivity contribution is 0.106. The van der Waals surface area contributed by atoms with Crippen molar-refractivity contribution in [2.45, 2.75) is 209 Å². The van der Waals surface area contributed by atoms with Crippen molar-refractivity contribution in [2.75, 3.05) is 56.7 Å². The second kappa shape index (κ2) is 47.4. The molecule has 0 saturated carbocycles. The zero-order chi connectivity index (χ0) is 42.6. The Balaban J connectivity index is 4.23. The molecule has 7 nitrogen and oxygen atoms in total. The first-order chi connectivity index (χ1) is 28.3. The van der Waals surface area contributed by atoms with Gasteiger partial charge in [0.25, 0.3) is 0 Å². The zero-order valence-electron chi connectivity index (χ0n) is 36.8. The standard InChI is InChI=1S/C44H89N3O4S7/c1-2-3-4-5-6-7-8-9-11-14-17-20-23-26-29-33-46(34-30-27-24-21-18-15-12-10-13-16-19-22-25-28-31-38-52)42(49)51-37-40-58-57-39-36-50-41(48)45-32-35-47(43(53)54)44(55)56/h43-44,52-56H,2-40H2,1H3,(H,45,48). The van der Waals surface area contributed by atoms with Gasteiger partial charge in [0, 0.05) is 37.7 Å². The van der Waals surface area contributed by atoms with E-state index in [2.05, 4.69) is 75.4 Å². The molecule has 0 fully saturated rings. The van der Waals surface area contributed by atoms with Crippen LogP contribution in [-0.4, -0.2) is 88.0 Å². The summed E-state index contributed by atoms with van der Waals surface area (Å²) in [5, 5.41) is 2.73. The summed E-state index contributed by atoms with van der Waals surface area (Å²) in [6.45, 7) is 5.45. The molecule has 0 aliphatic rings. The smallest absolute Gasteiger partial charge is 0.409 e. The lowest BCUT2D eigenvalue weighted by Crippen LogP contribution is -2.39. The summed E-state index contributed by atoms with van der Waals surface area (Å²) in [6, 6.07) is 0. The van der Waals surface area contributed by atoms with Gasteiger partial charge in [0.1, 0.15) is 13.2 Å². The topological polar surface area (TPSA) is 71.1 Å². The lowest BCUT2D eigenvalue weighted by Gasteiger charge is -2.27. The van der Waals surface area contributed by atoms with E-state index in [0.29, 0.717) is 37.8 Å². The molecule has 0 radical (unpaired) electrons. The molecule has 0 spiro atoms. The van der Waals surface area contributed by atoms with E-state index in [9.17, 15) is 9.59 Å². The van der Waals surface area contributed by atoms with Crippen molar-refractivity contribution in [3.63, 3.8) is 0 Å². The number of nitrogens with one attached hydrogen (secondary N) is 1. The molecule has 0 aromatic carbocycles. The Morgan fingerprint density at radius 1 is 0.500 bits per heavy atom. The summed E-state index contributed by atoms with van der Waals surface area (Å²) in [5.41, 5.74) is 0. The number of nitrogens with zero attached hydrogens (tertiary/aromatic N) is 2. The maximum absolute atomic E-state index is 13.1. The first kappa shape index (κ1) is 58.9. The van der Waals surface area contributed by atoms with E-state index in [1.165, 1.54) is 180 Å². The van der Waals surface area contributed by atoms with Crippen molar-refractivity contribution in [2.24, 2.45) is 0 Å². The average molecular weight is 949 g/mol. The van der Waals surface area contributed by atoms with Crippen molar-refractivity contribution in [3.8, 4) is 0 Å². The minimum Gasteiger partial charge on any atom is -0.449 e. The van der Waals surface area contributed by atoms with Gasteiger partial charge in [-0.15, -0.1) is 50.5 Å². The monoisotopic (exact) mass is 947 g/mol. The van der Waals surface area contributed by atoms with E-state index in [-0.39, 0.29) is 15.5 Å². The van der Waals surface area contributed by atoms with E-state index < -0.39 is 6.09 Å². The van der Waals surface area contributed by atoms with E-state index in [1.807, 2.05) is 4.90 Å². The van der Waals surface area contributed by atoms with Crippen LogP contribution in [0.4, 0.5) is 9.59 Å². The number of rotatable bonds is 45. The highest BCUT2D eigenvalue weighted by atomic mass is 33.1. The summed E-state index contributed by atoms with van der Waals surface area (Å²) in [4.78, 5) is 28.9. The maximum atomic E-state index is 13.1. The Bertz CT molecular complexity index is 875. The molecule has 0 atom stereocenters.